The lowest BCUT2D eigenvalue weighted by atomic mass is 10.1. The van der Waals surface area contributed by atoms with Crippen LogP contribution in [0.2, 0.25) is 0 Å². The van der Waals surface area contributed by atoms with E-state index in [9.17, 15) is 9.59 Å². The molecule has 0 radical (unpaired) electrons. The molecule has 102 valence electrons. The minimum Gasteiger partial charge on any atom is -0.479 e. The van der Waals surface area contributed by atoms with E-state index in [1.54, 1.807) is 11.8 Å². The van der Waals surface area contributed by atoms with E-state index in [2.05, 4.69) is 0 Å². The number of aliphatic carboxylic acids is 1. The number of carboxylic acid groups (broad SMARTS) is 1. The molecule has 2 fully saturated rings. The van der Waals surface area contributed by atoms with Gasteiger partial charge in [0.2, 0.25) is 0 Å². The van der Waals surface area contributed by atoms with Crippen LogP contribution >= 0.6 is 0 Å². The highest BCUT2D eigenvalue weighted by Crippen LogP contribution is 2.18. The molecule has 0 aromatic rings. The minimum absolute atomic E-state index is 0.101. The molecule has 2 heterocycles. The first-order chi connectivity index (χ1) is 8.58. The van der Waals surface area contributed by atoms with E-state index in [1.807, 2.05) is 0 Å². The number of hydrogen-bond donors (Lipinski definition) is 1. The number of amides is 1. The third-order valence-electron chi connectivity index (χ3n) is 3.30. The fourth-order valence-electron chi connectivity index (χ4n) is 2.41. The van der Waals surface area contributed by atoms with Crippen molar-refractivity contribution in [2.24, 2.45) is 0 Å². The van der Waals surface area contributed by atoms with Crippen molar-refractivity contribution in [1.29, 1.82) is 0 Å². The first-order valence-corrected chi connectivity index (χ1v) is 6.36. The van der Waals surface area contributed by atoms with E-state index >= 15 is 0 Å². The highest BCUT2D eigenvalue weighted by atomic mass is 16.5. The van der Waals surface area contributed by atoms with Crippen molar-refractivity contribution in [3.05, 3.63) is 0 Å². The fourth-order valence-corrected chi connectivity index (χ4v) is 2.41. The molecule has 6 nitrogen and oxygen atoms in total. The van der Waals surface area contributed by atoms with Crippen LogP contribution in [0.4, 0.5) is 0 Å². The number of hydrogen-bond acceptors (Lipinski definition) is 4. The summed E-state index contributed by atoms with van der Waals surface area (Å²) < 4.78 is 10.7. The molecule has 2 rings (SSSR count). The van der Waals surface area contributed by atoms with Crippen LogP contribution in [0.25, 0.3) is 0 Å². The Morgan fingerprint density at radius 1 is 1.22 bits per heavy atom. The lowest BCUT2D eigenvalue weighted by Crippen LogP contribution is -2.54. The summed E-state index contributed by atoms with van der Waals surface area (Å²) in [7, 11) is 0. The molecule has 0 aromatic heterocycles. The molecule has 2 unspecified atom stereocenters. The van der Waals surface area contributed by atoms with Crippen LogP contribution < -0.4 is 0 Å². The van der Waals surface area contributed by atoms with Gasteiger partial charge in [0, 0.05) is 13.2 Å². The first kappa shape index (κ1) is 13.3. The molecule has 0 aliphatic carbocycles. The molecule has 18 heavy (non-hydrogen) atoms. The van der Waals surface area contributed by atoms with Gasteiger partial charge in [-0.1, -0.05) is 0 Å². The highest BCUT2D eigenvalue weighted by molar-refractivity contribution is 5.82. The van der Waals surface area contributed by atoms with Gasteiger partial charge in [-0.15, -0.1) is 0 Å². The summed E-state index contributed by atoms with van der Waals surface area (Å²) in [5.41, 5.74) is 0. The van der Waals surface area contributed by atoms with Crippen molar-refractivity contribution in [2.45, 2.75) is 44.5 Å². The largest absolute Gasteiger partial charge is 0.479 e. The van der Waals surface area contributed by atoms with Gasteiger partial charge in [0.1, 0.15) is 6.10 Å². The van der Waals surface area contributed by atoms with E-state index in [0.717, 1.165) is 19.3 Å². The van der Waals surface area contributed by atoms with Gasteiger partial charge in [0.05, 0.1) is 12.6 Å². The van der Waals surface area contributed by atoms with Gasteiger partial charge in [0.25, 0.3) is 5.91 Å². The number of carbonyl (C=O) groups excluding carboxylic acids is 1. The molecule has 0 saturated carbocycles. The van der Waals surface area contributed by atoms with Gasteiger partial charge in [-0.2, -0.15) is 0 Å². The Morgan fingerprint density at radius 2 is 2.00 bits per heavy atom. The Labute approximate surface area is 106 Å². The molecule has 2 aliphatic heterocycles. The van der Waals surface area contributed by atoms with Crippen molar-refractivity contribution >= 4 is 11.9 Å². The number of ether oxygens (including phenoxy) is 2. The summed E-state index contributed by atoms with van der Waals surface area (Å²) in [6, 6.07) is 0. The topological polar surface area (TPSA) is 76.1 Å². The van der Waals surface area contributed by atoms with Crippen molar-refractivity contribution in [3.63, 3.8) is 0 Å². The van der Waals surface area contributed by atoms with Gasteiger partial charge in [-0.3, -0.25) is 4.79 Å². The number of carbonyl (C=O) groups is 2. The van der Waals surface area contributed by atoms with E-state index in [4.69, 9.17) is 14.6 Å². The van der Waals surface area contributed by atoms with Crippen LogP contribution in [0.15, 0.2) is 0 Å². The lowest BCUT2D eigenvalue weighted by molar-refractivity contribution is -0.171. The summed E-state index contributed by atoms with van der Waals surface area (Å²) in [6.07, 6.45) is 1.11. The molecule has 6 heteroatoms. The molecule has 0 aromatic carbocycles. The van der Waals surface area contributed by atoms with Crippen molar-refractivity contribution < 1.29 is 24.2 Å². The van der Waals surface area contributed by atoms with E-state index in [1.165, 1.54) is 0 Å². The quantitative estimate of drug-likeness (QED) is 0.767. The zero-order valence-electron chi connectivity index (χ0n) is 10.5. The number of rotatable bonds is 2. The predicted octanol–water partition coefficient (Wildman–Crippen LogP) is 0.256. The molecule has 1 amide bonds. The van der Waals surface area contributed by atoms with Crippen molar-refractivity contribution in [2.75, 3.05) is 19.7 Å². The Hall–Kier alpha value is -1.14. The third-order valence-corrected chi connectivity index (χ3v) is 3.30. The second-order valence-electron chi connectivity index (χ2n) is 4.87. The van der Waals surface area contributed by atoms with Crippen molar-refractivity contribution in [1.82, 2.24) is 4.90 Å². The van der Waals surface area contributed by atoms with Gasteiger partial charge in [0.15, 0.2) is 6.10 Å². The van der Waals surface area contributed by atoms with E-state index in [-0.39, 0.29) is 18.6 Å². The lowest BCUT2D eigenvalue weighted by Gasteiger charge is -2.37. The minimum atomic E-state index is -1.02. The monoisotopic (exact) mass is 257 g/mol. The van der Waals surface area contributed by atoms with Crippen LogP contribution in [0.3, 0.4) is 0 Å². The maximum Gasteiger partial charge on any atom is 0.334 e. The number of nitrogens with zero attached hydrogens (tertiary/aromatic N) is 1. The normalized spacial score (nSPS) is 33.2. The molecular weight excluding hydrogens is 238 g/mol. The number of carboxylic acids is 1. The molecule has 1 N–H and O–H groups in total. The third kappa shape index (κ3) is 3.00. The first-order valence-electron chi connectivity index (χ1n) is 6.36. The van der Waals surface area contributed by atoms with Gasteiger partial charge >= 0.3 is 5.97 Å². The Morgan fingerprint density at radius 3 is 2.61 bits per heavy atom. The second kappa shape index (κ2) is 5.67. The molecule has 0 bridgehead atoms. The smallest absolute Gasteiger partial charge is 0.334 e. The average molecular weight is 257 g/mol. The maximum atomic E-state index is 12.2. The summed E-state index contributed by atoms with van der Waals surface area (Å²) in [5.74, 6) is -1.12. The number of morpholine rings is 1. The summed E-state index contributed by atoms with van der Waals surface area (Å²) in [5, 5.41) is 8.97. The molecular formula is C12H19NO5. The molecule has 2 aliphatic rings. The summed E-state index contributed by atoms with van der Waals surface area (Å²) in [6.45, 7) is 2.93. The molecule has 0 spiro atoms. The summed E-state index contributed by atoms with van der Waals surface area (Å²) in [4.78, 5) is 24.7. The van der Waals surface area contributed by atoms with E-state index in [0.29, 0.717) is 13.2 Å². The highest BCUT2D eigenvalue weighted by Gasteiger charge is 2.35. The Bertz CT molecular complexity index is 326. The molecule has 2 saturated heterocycles. The predicted molar refractivity (Wildman–Crippen MR) is 62.1 cm³/mol. The summed E-state index contributed by atoms with van der Waals surface area (Å²) >= 11 is 0. The zero-order chi connectivity index (χ0) is 13.1. The SMILES string of the molecule is C[C@@H]1CN(C(=O)C2CCCCO2)CC(C(=O)O)O1. The van der Waals surface area contributed by atoms with Crippen LogP contribution in [0, 0.1) is 0 Å². The van der Waals surface area contributed by atoms with Crippen LogP contribution in [0.5, 0.6) is 0 Å². The molecule has 3 atom stereocenters. The fraction of sp³-hybridized carbons (Fsp3) is 0.833. The maximum absolute atomic E-state index is 12.2. The average Bonchev–Trinajstić information content (AvgIpc) is 2.38. The van der Waals surface area contributed by atoms with E-state index < -0.39 is 18.2 Å². The second-order valence-corrected chi connectivity index (χ2v) is 4.87. The Balaban J connectivity index is 1.98. The van der Waals surface area contributed by atoms with Gasteiger partial charge in [-0.05, 0) is 26.2 Å². The van der Waals surface area contributed by atoms with Crippen LogP contribution in [0.1, 0.15) is 26.2 Å². The van der Waals surface area contributed by atoms with Gasteiger partial charge in [-0.25, -0.2) is 4.79 Å². The zero-order valence-corrected chi connectivity index (χ0v) is 10.5. The van der Waals surface area contributed by atoms with Crippen LogP contribution in [-0.2, 0) is 19.1 Å². The van der Waals surface area contributed by atoms with Gasteiger partial charge < -0.3 is 19.5 Å². The van der Waals surface area contributed by atoms with Crippen LogP contribution in [-0.4, -0.2) is 59.9 Å². The Kier molecular flexibility index (Phi) is 4.19. The standard InChI is InChI=1S/C12H19NO5/c1-8-6-13(7-10(18-8)12(15)16)11(14)9-4-2-3-5-17-9/h8-10H,2-7H2,1H3,(H,15,16)/t8-,9?,10?/m1/s1. The van der Waals surface area contributed by atoms with Crippen molar-refractivity contribution in [3.8, 4) is 0 Å².